The molecule has 1 saturated carbocycles. The van der Waals surface area contributed by atoms with Gasteiger partial charge in [0, 0.05) is 24.8 Å². The second kappa shape index (κ2) is 5.50. The van der Waals surface area contributed by atoms with Gasteiger partial charge in [-0.2, -0.15) is 0 Å². The van der Waals surface area contributed by atoms with Crippen molar-refractivity contribution in [2.24, 2.45) is 5.92 Å². The van der Waals surface area contributed by atoms with Gasteiger partial charge in [0.2, 0.25) is 0 Å². The van der Waals surface area contributed by atoms with Gasteiger partial charge in [-0.1, -0.05) is 12.5 Å². The second-order valence-corrected chi connectivity index (χ2v) is 4.93. The van der Waals surface area contributed by atoms with Crippen LogP contribution in [0.3, 0.4) is 0 Å². The zero-order valence-electron chi connectivity index (χ0n) is 10.8. The van der Waals surface area contributed by atoms with Crippen LogP contribution in [-0.4, -0.2) is 23.2 Å². The highest BCUT2D eigenvalue weighted by molar-refractivity contribution is 5.47. The molecule has 3 nitrogen and oxygen atoms in total. The first-order chi connectivity index (χ1) is 8.22. The van der Waals surface area contributed by atoms with Crippen LogP contribution in [0.15, 0.2) is 18.3 Å². The summed E-state index contributed by atoms with van der Waals surface area (Å²) in [5.41, 5.74) is 0.939. The van der Waals surface area contributed by atoms with Crippen molar-refractivity contribution < 1.29 is 5.11 Å². The summed E-state index contributed by atoms with van der Waals surface area (Å²) in [6, 6.07) is 3.86. The van der Waals surface area contributed by atoms with Gasteiger partial charge in [0.15, 0.2) is 0 Å². The smallest absolute Gasteiger partial charge is 0.134 e. The maximum Gasteiger partial charge on any atom is 0.134 e. The van der Waals surface area contributed by atoms with E-state index in [1.54, 1.807) is 6.92 Å². The molecular weight excluding hydrogens is 212 g/mol. The molecule has 0 saturated heterocycles. The minimum absolute atomic E-state index is 0.450. The van der Waals surface area contributed by atoms with Crippen molar-refractivity contribution in [3.63, 3.8) is 0 Å². The van der Waals surface area contributed by atoms with E-state index in [1.807, 2.05) is 18.3 Å². The summed E-state index contributed by atoms with van der Waals surface area (Å²) in [5, 5.41) is 9.79. The monoisotopic (exact) mass is 234 g/mol. The molecule has 1 aliphatic carbocycles. The molecule has 1 aromatic heterocycles. The van der Waals surface area contributed by atoms with Crippen molar-refractivity contribution >= 4 is 5.82 Å². The van der Waals surface area contributed by atoms with Gasteiger partial charge in [0.05, 0.1) is 6.10 Å². The fourth-order valence-electron chi connectivity index (χ4n) is 2.35. The van der Waals surface area contributed by atoms with Crippen molar-refractivity contribution in [2.45, 2.75) is 39.2 Å². The molecule has 0 aliphatic heterocycles. The molecule has 0 aromatic carbocycles. The van der Waals surface area contributed by atoms with E-state index in [0.29, 0.717) is 0 Å². The van der Waals surface area contributed by atoms with E-state index in [4.69, 9.17) is 0 Å². The van der Waals surface area contributed by atoms with Crippen LogP contribution in [0.4, 0.5) is 5.82 Å². The molecule has 1 aliphatic rings. The number of hydrogen-bond donors (Lipinski definition) is 1. The largest absolute Gasteiger partial charge is 0.389 e. The number of nitrogens with zero attached hydrogens (tertiary/aromatic N) is 2. The van der Waals surface area contributed by atoms with Crippen LogP contribution in [-0.2, 0) is 0 Å². The van der Waals surface area contributed by atoms with Gasteiger partial charge in [0.1, 0.15) is 5.82 Å². The van der Waals surface area contributed by atoms with Crippen molar-refractivity contribution in [3.05, 3.63) is 23.9 Å². The number of aliphatic hydroxyl groups is 1. The Balaban J connectivity index is 2.16. The molecule has 3 heteroatoms. The van der Waals surface area contributed by atoms with E-state index < -0.39 is 6.10 Å². The number of rotatable bonds is 5. The Morgan fingerprint density at radius 3 is 2.82 bits per heavy atom. The summed E-state index contributed by atoms with van der Waals surface area (Å²) in [6.07, 6.45) is 5.41. The van der Waals surface area contributed by atoms with Crippen molar-refractivity contribution in [1.29, 1.82) is 0 Å². The van der Waals surface area contributed by atoms with Gasteiger partial charge >= 0.3 is 0 Å². The van der Waals surface area contributed by atoms with Crippen molar-refractivity contribution in [2.75, 3.05) is 18.0 Å². The first-order valence-corrected chi connectivity index (χ1v) is 6.60. The van der Waals surface area contributed by atoms with E-state index in [9.17, 15) is 5.11 Å². The molecule has 17 heavy (non-hydrogen) atoms. The lowest BCUT2D eigenvalue weighted by Gasteiger charge is -2.33. The Morgan fingerprint density at radius 2 is 2.29 bits per heavy atom. The summed E-state index contributed by atoms with van der Waals surface area (Å²) < 4.78 is 0. The molecule has 0 radical (unpaired) electrons. The van der Waals surface area contributed by atoms with Crippen LogP contribution in [0, 0.1) is 5.92 Å². The van der Waals surface area contributed by atoms with Crippen molar-refractivity contribution in [3.8, 4) is 0 Å². The Kier molecular flexibility index (Phi) is 4.00. The number of hydrogen-bond acceptors (Lipinski definition) is 3. The van der Waals surface area contributed by atoms with E-state index in [0.717, 1.165) is 30.4 Å². The molecule has 1 fully saturated rings. The highest BCUT2D eigenvalue weighted by atomic mass is 16.3. The van der Waals surface area contributed by atoms with Gasteiger partial charge in [-0.05, 0) is 38.7 Å². The van der Waals surface area contributed by atoms with Crippen LogP contribution >= 0.6 is 0 Å². The van der Waals surface area contributed by atoms with Gasteiger partial charge in [0.25, 0.3) is 0 Å². The highest BCUT2D eigenvalue weighted by Crippen LogP contribution is 2.30. The minimum Gasteiger partial charge on any atom is -0.389 e. The summed E-state index contributed by atoms with van der Waals surface area (Å²) >= 11 is 0. The SMILES string of the molecule is CCN(CC1CCC1)c1ncccc1C(C)O. The molecule has 1 unspecified atom stereocenters. The lowest BCUT2D eigenvalue weighted by Crippen LogP contribution is -2.33. The van der Waals surface area contributed by atoms with Crippen LogP contribution < -0.4 is 4.90 Å². The predicted octanol–water partition coefficient (Wildman–Crippen LogP) is 2.76. The first kappa shape index (κ1) is 12.4. The van der Waals surface area contributed by atoms with E-state index in [-0.39, 0.29) is 0 Å². The van der Waals surface area contributed by atoms with Crippen LogP contribution in [0.2, 0.25) is 0 Å². The fourth-order valence-corrected chi connectivity index (χ4v) is 2.35. The summed E-state index contributed by atoms with van der Waals surface area (Å²) in [4.78, 5) is 6.75. The molecule has 0 spiro atoms. The number of anilines is 1. The summed E-state index contributed by atoms with van der Waals surface area (Å²) in [5.74, 6) is 1.77. The van der Waals surface area contributed by atoms with Gasteiger partial charge < -0.3 is 10.0 Å². The second-order valence-electron chi connectivity index (χ2n) is 4.93. The van der Waals surface area contributed by atoms with Gasteiger partial charge in [-0.3, -0.25) is 0 Å². The third-order valence-electron chi connectivity index (χ3n) is 3.65. The quantitative estimate of drug-likeness (QED) is 0.851. The third kappa shape index (κ3) is 2.78. The molecule has 1 heterocycles. The molecule has 0 amide bonds. The molecule has 1 N–H and O–H groups in total. The van der Waals surface area contributed by atoms with E-state index in [2.05, 4.69) is 16.8 Å². The molecular formula is C14H22N2O. The Morgan fingerprint density at radius 1 is 1.53 bits per heavy atom. The zero-order valence-corrected chi connectivity index (χ0v) is 10.8. The van der Waals surface area contributed by atoms with Crippen LogP contribution in [0.25, 0.3) is 0 Å². The maximum absolute atomic E-state index is 9.79. The normalized spacial score (nSPS) is 17.6. The molecule has 0 bridgehead atoms. The maximum atomic E-state index is 9.79. The van der Waals surface area contributed by atoms with Crippen LogP contribution in [0.1, 0.15) is 44.8 Å². The third-order valence-corrected chi connectivity index (χ3v) is 3.65. The lowest BCUT2D eigenvalue weighted by molar-refractivity contribution is 0.199. The number of pyridine rings is 1. The topological polar surface area (TPSA) is 36.4 Å². The van der Waals surface area contributed by atoms with E-state index in [1.165, 1.54) is 19.3 Å². The molecule has 1 atom stereocenters. The predicted molar refractivity (Wildman–Crippen MR) is 70.1 cm³/mol. The fraction of sp³-hybridized carbons (Fsp3) is 0.643. The van der Waals surface area contributed by atoms with Crippen LogP contribution in [0.5, 0.6) is 0 Å². The van der Waals surface area contributed by atoms with Gasteiger partial charge in [-0.25, -0.2) is 4.98 Å². The van der Waals surface area contributed by atoms with Gasteiger partial charge in [-0.15, -0.1) is 0 Å². The number of aromatic nitrogens is 1. The average Bonchev–Trinajstić information content (AvgIpc) is 2.28. The Labute approximate surface area is 103 Å². The zero-order chi connectivity index (χ0) is 12.3. The lowest BCUT2D eigenvalue weighted by atomic mass is 9.85. The first-order valence-electron chi connectivity index (χ1n) is 6.60. The Bertz CT molecular complexity index is 361. The molecule has 94 valence electrons. The van der Waals surface area contributed by atoms with E-state index >= 15 is 0 Å². The highest BCUT2D eigenvalue weighted by Gasteiger charge is 2.22. The molecule has 1 aromatic rings. The average molecular weight is 234 g/mol. The minimum atomic E-state index is -0.450. The molecule has 2 rings (SSSR count). The summed E-state index contributed by atoms with van der Waals surface area (Å²) in [7, 11) is 0. The van der Waals surface area contributed by atoms with Crippen molar-refractivity contribution in [1.82, 2.24) is 4.98 Å². The Hall–Kier alpha value is -1.09. The summed E-state index contributed by atoms with van der Waals surface area (Å²) in [6.45, 7) is 5.98. The standard InChI is InChI=1S/C14H22N2O/c1-3-16(10-12-6-4-7-12)14-13(11(2)17)8-5-9-15-14/h5,8-9,11-12,17H,3-4,6-7,10H2,1-2H3. The number of aliphatic hydroxyl groups excluding tert-OH is 1.